The first-order valence-corrected chi connectivity index (χ1v) is 21.8. The summed E-state index contributed by atoms with van der Waals surface area (Å²) in [6.07, 6.45) is 3.44. The van der Waals surface area contributed by atoms with Crippen LogP contribution in [0.25, 0.3) is 32.1 Å². The van der Waals surface area contributed by atoms with E-state index in [4.69, 9.17) is 4.98 Å². The smallest absolute Gasteiger partial charge is 0.162 e. The molecular formula is C42H60IrNO2SSi-. The van der Waals surface area contributed by atoms with Crippen LogP contribution >= 0.6 is 11.3 Å². The summed E-state index contributed by atoms with van der Waals surface area (Å²) < 4.78 is 2.89. The molecule has 0 saturated carbocycles. The zero-order chi connectivity index (χ0) is 35.6. The molecule has 1 N–H and O–H groups in total. The van der Waals surface area contributed by atoms with E-state index in [2.05, 4.69) is 145 Å². The van der Waals surface area contributed by atoms with Crippen molar-refractivity contribution < 1.29 is 30.0 Å². The van der Waals surface area contributed by atoms with Crippen LogP contribution in [0.15, 0.2) is 54.4 Å². The number of aryl methyl sites for hydroxylation is 1. The van der Waals surface area contributed by atoms with Crippen LogP contribution in [0.2, 0.25) is 19.6 Å². The molecule has 4 rings (SSSR count). The molecule has 2 aromatic heterocycles. The first kappa shape index (κ1) is 42.1. The summed E-state index contributed by atoms with van der Waals surface area (Å²) in [4.78, 5) is 17.2. The summed E-state index contributed by atoms with van der Waals surface area (Å²) >= 11 is 1.95. The number of aliphatic hydroxyl groups excluding tert-OH is 1. The van der Waals surface area contributed by atoms with Crippen molar-refractivity contribution in [1.29, 1.82) is 0 Å². The normalized spacial score (nSPS) is 12.9. The number of rotatable bonds is 9. The number of fused-ring (bicyclic) bond motifs is 2. The number of allylic oxidation sites excluding steroid dienone is 2. The fourth-order valence-electron chi connectivity index (χ4n) is 7.25. The minimum Gasteiger partial charge on any atom is -0.512 e. The van der Waals surface area contributed by atoms with Gasteiger partial charge in [0.25, 0.3) is 0 Å². The standard InChI is InChI=1S/C25H28NSSi.C17H32O2.Ir/c1-16-19-12-13-26-22(23(19)27-24(16)28(5,6)7)18-14-17-10-8-9-11-20(17)21(15-18)25(2,3)4;1-10(2)16(11(3)4)14(18)9-15(19)17(12(5)6)13(7)8;/h8-13,15H,1-7H3;9-13,16-18H,1-8H3;/q-1;;/b;14-9-;. The van der Waals surface area contributed by atoms with E-state index in [0.717, 1.165) is 11.3 Å². The van der Waals surface area contributed by atoms with E-state index >= 15 is 0 Å². The second kappa shape index (κ2) is 16.7. The number of aromatic nitrogens is 1. The molecule has 0 bridgehead atoms. The van der Waals surface area contributed by atoms with Crippen LogP contribution in [0.5, 0.6) is 0 Å². The van der Waals surface area contributed by atoms with Gasteiger partial charge in [0, 0.05) is 54.6 Å². The van der Waals surface area contributed by atoms with Gasteiger partial charge in [0.15, 0.2) is 5.78 Å². The molecule has 0 atom stereocenters. The number of carbonyl (C=O) groups excluding carboxylic acids is 1. The summed E-state index contributed by atoms with van der Waals surface area (Å²) in [5.41, 5.74) is 5.05. The summed E-state index contributed by atoms with van der Waals surface area (Å²) in [5, 5.41) is 14.1. The number of ketones is 1. The largest absolute Gasteiger partial charge is 0.512 e. The van der Waals surface area contributed by atoms with Crippen molar-refractivity contribution in [3.05, 3.63) is 71.6 Å². The van der Waals surface area contributed by atoms with E-state index in [9.17, 15) is 9.90 Å². The number of aliphatic hydroxyl groups is 1. The van der Waals surface area contributed by atoms with Crippen molar-refractivity contribution in [2.24, 2.45) is 35.5 Å². The van der Waals surface area contributed by atoms with Crippen LogP contribution in [-0.4, -0.2) is 23.9 Å². The molecule has 2 aromatic carbocycles. The molecule has 0 aliphatic rings. The zero-order valence-corrected chi connectivity index (χ0v) is 36.3. The number of benzene rings is 2. The molecule has 0 saturated heterocycles. The van der Waals surface area contributed by atoms with Crippen LogP contribution in [0.1, 0.15) is 87.3 Å². The third kappa shape index (κ3) is 9.77. The Hall–Kier alpha value is -2.11. The van der Waals surface area contributed by atoms with Crippen molar-refractivity contribution in [3.63, 3.8) is 0 Å². The second-order valence-electron chi connectivity index (χ2n) is 16.7. The summed E-state index contributed by atoms with van der Waals surface area (Å²) in [5.74, 6) is 1.63. The number of pyridine rings is 1. The number of nitrogens with zero attached hydrogens (tertiary/aromatic N) is 1. The maximum Gasteiger partial charge on any atom is 0.162 e. The van der Waals surface area contributed by atoms with Gasteiger partial charge in [0.2, 0.25) is 0 Å². The average Bonchev–Trinajstić information content (AvgIpc) is 3.28. The van der Waals surface area contributed by atoms with Crippen LogP contribution in [0.4, 0.5) is 0 Å². The molecule has 1 radical (unpaired) electrons. The Kier molecular flexibility index (Phi) is 14.7. The fourth-order valence-corrected chi connectivity index (χ4v) is 11.1. The Bertz CT molecular complexity index is 1700. The third-order valence-corrected chi connectivity index (χ3v) is 14.2. The number of carbonyl (C=O) groups is 1. The number of hydrogen-bond acceptors (Lipinski definition) is 4. The molecule has 6 heteroatoms. The maximum atomic E-state index is 12.3. The molecule has 0 unspecified atom stereocenters. The molecule has 48 heavy (non-hydrogen) atoms. The van der Waals surface area contributed by atoms with E-state index in [-0.39, 0.29) is 48.9 Å². The molecule has 0 fully saturated rings. The molecule has 0 amide bonds. The first-order chi connectivity index (χ1) is 21.7. The number of thiophene rings is 1. The summed E-state index contributed by atoms with van der Waals surface area (Å²) in [6, 6.07) is 16.8. The van der Waals surface area contributed by atoms with Crippen molar-refractivity contribution in [1.82, 2.24) is 4.98 Å². The predicted octanol–water partition coefficient (Wildman–Crippen LogP) is 11.9. The Morgan fingerprint density at radius 2 is 1.42 bits per heavy atom. The van der Waals surface area contributed by atoms with Gasteiger partial charge in [-0.15, -0.1) is 29.1 Å². The minimum absolute atomic E-state index is 0. The van der Waals surface area contributed by atoms with Gasteiger partial charge in [-0.25, -0.2) is 0 Å². The van der Waals surface area contributed by atoms with Gasteiger partial charge < -0.3 is 5.11 Å². The molecular weight excluding hydrogens is 803 g/mol. The van der Waals surface area contributed by atoms with Gasteiger partial charge >= 0.3 is 0 Å². The minimum atomic E-state index is -1.39. The van der Waals surface area contributed by atoms with Crippen LogP contribution in [-0.2, 0) is 30.3 Å². The Morgan fingerprint density at radius 1 is 0.875 bits per heavy atom. The van der Waals surface area contributed by atoms with E-state index in [1.165, 1.54) is 38.1 Å². The predicted molar refractivity (Wildman–Crippen MR) is 210 cm³/mol. The molecule has 265 valence electrons. The van der Waals surface area contributed by atoms with Crippen molar-refractivity contribution >= 4 is 50.6 Å². The fraction of sp³-hybridized carbons (Fsp3) is 0.524. The van der Waals surface area contributed by atoms with Crippen molar-refractivity contribution in [2.45, 2.75) is 108 Å². The molecule has 0 spiro atoms. The molecule has 3 nitrogen and oxygen atoms in total. The Labute approximate surface area is 310 Å². The quantitative estimate of drug-likeness (QED) is 0.0789. The molecule has 4 aromatic rings. The number of hydrogen-bond donors (Lipinski definition) is 1. The van der Waals surface area contributed by atoms with Crippen LogP contribution < -0.4 is 4.50 Å². The zero-order valence-electron chi connectivity index (χ0n) is 32.1. The van der Waals surface area contributed by atoms with E-state index in [1.54, 1.807) is 4.50 Å². The van der Waals surface area contributed by atoms with Gasteiger partial charge in [0.05, 0.1) is 13.8 Å². The average molecular weight is 863 g/mol. The van der Waals surface area contributed by atoms with Gasteiger partial charge in [-0.1, -0.05) is 125 Å². The van der Waals surface area contributed by atoms with Crippen LogP contribution in [0, 0.1) is 48.5 Å². The van der Waals surface area contributed by atoms with Gasteiger partial charge in [-0.05, 0) is 57.5 Å². The third-order valence-electron chi connectivity index (χ3n) is 9.21. The summed E-state index contributed by atoms with van der Waals surface area (Å²) in [6.45, 7) is 33.0. The molecule has 0 aliphatic carbocycles. The van der Waals surface area contributed by atoms with Crippen LogP contribution in [0.3, 0.4) is 0 Å². The Balaban J connectivity index is 0.000000355. The topological polar surface area (TPSA) is 50.2 Å². The first-order valence-electron chi connectivity index (χ1n) is 17.5. The van der Waals surface area contributed by atoms with Gasteiger partial charge in [-0.2, -0.15) is 11.3 Å². The maximum absolute atomic E-state index is 12.3. The van der Waals surface area contributed by atoms with E-state index in [0.29, 0.717) is 23.7 Å². The molecule has 0 aliphatic heterocycles. The SMILES string of the molecule is CC(C)C(C(=O)/C=C(\O)C(C(C)C)C(C)C)C(C)C.Cc1c([Si](C)(C)C)sc2c(-c3[c-]c4ccccc4c(C(C)(C)C)c3)nccc12.[Ir]. The summed E-state index contributed by atoms with van der Waals surface area (Å²) in [7, 11) is -1.39. The van der Waals surface area contributed by atoms with Crippen molar-refractivity contribution in [2.75, 3.05) is 0 Å². The van der Waals surface area contributed by atoms with E-state index in [1.807, 2.05) is 17.5 Å². The van der Waals surface area contributed by atoms with Gasteiger partial charge in [-0.3, -0.25) is 9.78 Å². The van der Waals surface area contributed by atoms with E-state index < -0.39 is 8.07 Å². The molecule has 2 heterocycles. The van der Waals surface area contributed by atoms with Crippen molar-refractivity contribution in [3.8, 4) is 11.3 Å². The second-order valence-corrected chi connectivity index (χ2v) is 23.1. The van der Waals surface area contributed by atoms with Gasteiger partial charge in [0.1, 0.15) is 0 Å². The Morgan fingerprint density at radius 3 is 1.92 bits per heavy atom. The monoisotopic (exact) mass is 863 g/mol.